The molecule has 51 heavy (non-hydrogen) atoms. The Hall–Kier alpha value is -7.03. The van der Waals surface area contributed by atoms with Gasteiger partial charge in [-0.2, -0.15) is 5.26 Å². The van der Waals surface area contributed by atoms with E-state index in [1.165, 1.54) is 55.6 Å². The van der Waals surface area contributed by atoms with Crippen molar-refractivity contribution in [1.29, 1.82) is 5.26 Å². The Morgan fingerprint density at radius 3 is 1.33 bits per heavy atom. The fourth-order valence-corrected chi connectivity index (χ4v) is 8.14. The molecule has 8 aromatic rings. The van der Waals surface area contributed by atoms with Crippen molar-refractivity contribution in [2.45, 2.75) is 5.41 Å². The lowest BCUT2D eigenvalue weighted by atomic mass is 9.65. The molecule has 0 radical (unpaired) electrons. The molecule has 5 nitrogen and oxygen atoms in total. The van der Waals surface area contributed by atoms with Gasteiger partial charge in [0.1, 0.15) is 0 Å². The summed E-state index contributed by atoms with van der Waals surface area (Å²) < 4.78 is 0. The van der Waals surface area contributed by atoms with Gasteiger partial charge >= 0.3 is 0 Å². The predicted molar refractivity (Wildman–Crippen MR) is 200 cm³/mol. The van der Waals surface area contributed by atoms with Crippen LogP contribution in [-0.2, 0) is 5.41 Å². The van der Waals surface area contributed by atoms with Crippen LogP contribution in [0.5, 0.6) is 0 Å². The maximum absolute atomic E-state index is 9.44. The van der Waals surface area contributed by atoms with Gasteiger partial charge in [-0.25, -0.2) is 15.0 Å². The highest BCUT2D eigenvalue weighted by atomic mass is 15.0. The second kappa shape index (κ2) is 11.3. The smallest absolute Gasteiger partial charge is 0.164 e. The van der Waals surface area contributed by atoms with E-state index >= 15 is 0 Å². The van der Waals surface area contributed by atoms with Crippen molar-refractivity contribution in [3.05, 3.63) is 192 Å². The van der Waals surface area contributed by atoms with E-state index in [-0.39, 0.29) is 0 Å². The van der Waals surface area contributed by atoms with Crippen LogP contribution in [0.3, 0.4) is 0 Å². The van der Waals surface area contributed by atoms with Gasteiger partial charge in [-0.1, -0.05) is 109 Å². The Kier molecular flexibility index (Phi) is 6.39. The van der Waals surface area contributed by atoms with Crippen LogP contribution in [0.1, 0.15) is 27.8 Å². The average Bonchev–Trinajstić information content (AvgIpc) is 3.46. The Morgan fingerprint density at radius 1 is 0.392 bits per heavy atom. The third-order valence-corrected chi connectivity index (χ3v) is 10.3. The first-order valence-electron chi connectivity index (χ1n) is 16.9. The van der Waals surface area contributed by atoms with E-state index in [2.05, 4.69) is 126 Å². The number of pyridine rings is 1. The molecule has 5 heteroatoms. The third kappa shape index (κ3) is 4.27. The standard InChI is InChI=1S/C46H27N5/c47-28-29-17-19-30(20-18-29)43-49-44(31-23-25-48-26-24-31)51-45(50-43)32-21-22-38-34-10-2-1-9-33(34)35-11-3-6-14-39(35)46(42(38)27-32)40-15-7-4-12-36(40)37-13-5-8-16-41(37)46/h1-27H. The van der Waals surface area contributed by atoms with Gasteiger partial charge in [0.05, 0.1) is 17.0 Å². The van der Waals surface area contributed by atoms with Crippen LogP contribution < -0.4 is 0 Å². The van der Waals surface area contributed by atoms with Crippen molar-refractivity contribution in [1.82, 2.24) is 19.9 Å². The lowest BCUT2D eigenvalue weighted by Crippen LogP contribution is -2.29. The molecule has 0 saturated carbocycles. The van der Waals surface area contributed by atoms with Gasteiger partial charge in [-0.15, -0.1) is 0 Å². The maximum Gasteiger partial charge on any atom is 0.164 e. The average molecular weight is 650 g/mol. The van der Waals surface area contributed by atoms with E-state index in [0.717, 1.165) is 16.7 Å². The number of hydrogen-bond donors (Lipinski definition) is 0. The zero-order valence-electron chi connectivity index (χ0n) is 27.3. The summed E-state index contributed by atoms with van der Waals surface area (Å²) in [7, 11) is 0. The summed E-state index contributed by atoms with van der Waals surface area (Å²) in [6.45, 7) is 0. The van der Waals surface area contributed by atoms with Crippen molar-refractivity contribution in [2.24, 2.45) is 0 Å². The van der Waals surface area contributed by atoms with Gasteiger partial charge in [-0.05, 0) is 98.1 Å². The first kappa shape index (κ1) is 28.9. The second-order valence-electron chi connectivity index (χ2n) is 12.9. The summed E-state index contributed by atoms with van der Waals surface area (Å²) in [5.41, 5.74) is 14.7. The van der Waals surface area contributed by atoms with Crippen molar-refractivity contribution >= 4 is 0 Å². The number of aromatic nitrogens is 4. The van der Waals surface area contributed by atoms with Gasteiger partial charge < -0.3 is 0 Å². The second-order valence-corrected chi connectivity index (χ2v) is 12.9. The van der Waals surface area contributed by atoms with Crippen LogP contribution in [0.2, 0.25) is 0 Å². The van der Waals surface area contributed by atoms with Crippen molar-refractivity contribution < 1.29 is 0 Å². The van der Waals surface area contributed by atoms with Gasteiger partial charge in [0.15, 0.2) is 17.5 Å². The Balaban J connectivity index is 1.30. The molecule has 236 valence electrons. The zero-order chi connectivity index (χ0) is 33.9. The van der Waals surface area contributed by atoms with Crippen LogP contribution in [0.25, 0.3) is 67.5 Å². The molecule has 0 fully saturated rings. The van der Waals surface area contributed by atoms with E-state index in [1.807, 2.05) is 24.3 Å². The van der Waals surface area contributed by atoms with Crippen molar-refractivity contribution in [3.63, 3.8) is 0 Å². The lowest BCUT2D eigenvalue weighted by Gasteiger charge is -2.35. The molecule has 10 rings (SSSR count). The molecule has 2 aromatic heterocycles. The molecule has 1 spiro atoms. The summed E-state index contributed by atoms with van der Waals surface area (Å²) in [5.74, 6) is 1.66. The number of hydrogen-bond acceptors (Lipinski definition) is 5. The van der Waals surface area contributed by atoms with E-state index in [0.29, 0.717) is 23.0 Å². The third-order valence-electron chi connectivity index (χ3n) is 10.3. The quantitative estimate of drug-likeness (QED) is 0.190. The normalized spacial score (nSPS) is 12.8. The Bertz CT molecular complexity index is 2660. The molecule has 6 aromatic carbocycles. The summed E-state index contributed by atoms with van der Waals surface area (Å²) in [6, 6.07) is 55.4. The predicted octanol–water partition coefficient (Wildman–Crippen LogP) is 10.1. The van der Waals surface area contributed by atoms with E-state index in [1.54, 1.807) is 24.5 Å². The Labute approximate surface area is 295 Å². The van der Waals surface area contributed by atoms with Crippen LogP contribution in [0.15, 0.2) is 164 Å². The molecule has 2 heterocycles. The Morgan fingerprint density at radius 2 is 0.804 bits per heavy atom. The highest BCUT2D eigenvalue weighted by Crippen LogP contribution is 2.61. The van der Waals surface area contributed by atoms with Crippen LogP contribution >= 0.6 is 0 Å². The SMILES string of the molecule is N#Cc1ccc(-c2nc(-c3ccncc3)nc(-c3ccc4c(c3)C3(c5ccccc5-c5ccccc5-4)c4ccccc4-c4ccccc43)n2)cc1. The summed E-state index contributed by atoms with van der Waals surface area (Å²) in [4.78, 5) is 19.3. The van der Waals surface area contributed by atoms with Gasteiger partial charge in [0.25, 0.3) is 0 Å². The lowest BCUT2D eigenvalue weighted by molar-refractivity contribution is 0.775. The molecule has 2 aliphatic rings. The monoisotopic (exact) mass is 649 g/mol. The minimum atomic E-state index is -0.606. The maximum atomic E-state index is 9.44. The van der Waals surface area contributed by atoms with Gasteiger partial charge in [0, 0.05) is 29.1 Å². The van der Waals surface area contributed by atoms with E-state index < -0.39 is 5.41 Å². The topological polar surface area (TPSA) is 75.3 Å². The van der Waals surface area contributed by atoms with Crippen molar-refractivity contribution in [2.75, 3.05) is 0 Å². The molecule has 2 aliphatic carbocycles. The molecule has 0 aliphatic heterocycles. The molecule has 0 saturated heterocycles. The fourth-order valence-electron chi connectivity index (χ4n) is 8.14. The van der Waals surface area contributed by atoms with Crippen LogP contribution in [0, 0.1) is 11.3 Å². The summed E-state index contributed by atoms with van der Waals surface area (Å²) >= 11 is 0. The van der Waals surface area contributed by atoms with Gasteiger partial charge in [0.2, 0.25) is 0 Å². The van der Waals surface area contributed by atoms with E-state index in [4.69, 9.17) is 15.0 Å². The number of benzene rings is 6. The number of nitriles is 1. The minimum Gasteiger partial charge on any atom is -0.265 e. The molecule has 0 unspecified atom stereocenters. The molecular weight excluding hydrogens is 623 g/mol. The number of nitrogens with zero attached hydrogens (tertiary/aromatic N) is 5. The molecule has 0 N–H and O–H groups in total. The number of fused-ring (bicyclic) bond motifs is 12. The first-order valence-corrected chi connectivity index (χ1v) is 16.9. The molecule has 0 bridgehead atoms. The number of rotatable bonds is 3. The highest BCUT2D eigenvalue weighted by molar-refractivity contribution is 5.97. The molecule has 0 atom stereocenters. The minimum absolute atomic E-state index is 0.535. The largest absolute Gasteiger partial charge is 0.265 e. The first-order chi connectivity index (χ1) is 25.2. The van der Waals surface area contributed by atoms with Crippen LogP contribution in [0.4, 0.5) is 0 Å². The molecular formula is C46H27N5. The van der Waals surface area contributed by atoms with E-state index in [9.17, 15) is 5.26 Å². The van der Waals surface area contributed by atoms with Gasteiger partial charge in [-0.3, -0.25) is 4.98 Å². The van der Waals surface area contributed by atoms with Crippen LogP contribution in [-0.4, -0.2) is 19.9 Å². The highest BCUT2D eigenvalue weighted by Gasteiger charge is 2.49. The summed E-state index contributed by atoms with van der Waals surface area (Å²) in [6.07, 6.45) is 3.49. The summed E-state index contributed by atoms with van der Waals surface area (Å²) in [5, 5.41) is 9.44. The molecule has 0 amide bonds. The zero-order valence-corrected chi connectivity index (χ0v) is 27.3. The van der Waals surface area contributed by atoms with Crippen molar-refractivity contribution in [3.8, 4) is 73.6 Å². The fraction of sp³-hybridized carbons (Fsp3) is 0.0217.